The van der Waals surface area contributed by atoms with Gasteiger partial charge in [-0.05, 0) is 18.6 Å². The van der Waals surface area contributed by atoms with Gasteiger partial charge in [0.1, 0.15) is 6.10 Å². The van der Waals surface area contributed by atoms with Crippen LogP contribution in [0.15, 0.2) is 35.2 Å². The lowest BCUT2D eigenvalue weighted by molar-refractivity contribution is -0.121. The Morgan fingerprint density at radius 3 is 2.60 bits per heavy atom. The van der Waals surface area contributed by atoms with Gasteiger partial charge in [0, 0.05) is 11.3 Å². The molecule has 0 unspecified atom stereocenters. The number of ether oxygens (including phenoxy) is 1. The third-order valence-electron chi connectivity index (χ3n) is 2.94. The highest BCUT2D eigenvalue weighted by Gasteiger charge is 2.70. The van der Waals surface area contributed by atoms with Crippen LogP contribution in [0, 0.1) is 0 Å². The van der Waals surface area contributed by atoms with Crippen molar-refractivity contribution in [2.75, 3.05) is 0 Å². The average Bonchev–Trinajstić information content (AvgIpc) is 2.94. The molecule has 1 aliphatic carbocycles. The number of ketones is 1. The summed E-state index contributed by atoms with van der Waals surface area (Å²) in [7, 11) is -1.35. The number of fused-ring (bicyclic) bond motifs is 1. The summed E-state index contributed by atoms with van der Waals surface area (Å²) in [4.78, 5) is 11.3. The molecule has 0 N–H and O–H groups in total. The lowest BCUT2D eigenvalue weighted by Crippen LogP contribution is -2.27. The molecule has 1 aromatic rings. The predicted octanol–water partition coefficient (Wildman–Crippen LogP) is 1.25. The van der Waals surface area contributed by atoms with Crippen LogP contribution in [0.4, 0.5) is 0 Å². The second-order valence-electron chi connectivity index (χ2n) is 3.82. The van der Waals surface area contributed by atoms with E-state index in [1.165, 1.54) is 0 Å². The Balaban J connectivity index is 1.97. The van der Waals surface area contributed by atoms with Gasteiger partial charge in [0.15, 0.2) is 5.78 Å². The zero-order valence-electron chi connectivity index (χ0n) is 8.01. The fourth-order valence-electron chi connectivity index (χ4n) is 2.09. The number of carbonyl (C=O) groups excluding carboxylic acids is 1. The Morgan fingerprint density at radius 2 is 2.07 bits per heavy atom. The molecule has 2 aliphatic rings. The van der Waals surface area contributed by atoms with Gasteiger partial charge in [-0.25, -0.2) is 0 Å². The fourth-order valence-corrected chi connectivity index (χ4v) is 3.72. The van der Waals surface area contributed by atoms with Crippen LogP contribution in [0.1, 0.15) is 12.8 Å². The Bertz CT molecular complexity index is 442. The van der Waals surface area contributed by atoms with Crippen LogP contribution in [-0.2, 0) is 20.3 Å². The molecule has 1 saturated heterocycles. The molecule has 0 bridgehead atoms. The standard InChI is InChI=1S/C11H10O3S/c12-9-6-7-10-11(9,14-10)15(13)8-4-2-1-3-5-8/h1-5,10H,6-7H2/t10-,11-,15+/m1/s1. The van der Waals surface area contributed by atoms with Gasteiger partial charge >= 0.3 is 0 Å². The third kappa shape index (κ3) is 1.15. The van der Waals surface area contributed by atoms with E-state index in [0.717, 1.165) is 6.42 Å². The number of epoxide rings is 1. The highest BCUT2D eigenvalue weighted by Crippen LogP contribution is 2.51. The van der Waals surface area contributed by atoms with Crippen molar-refractivity contribution < 1.29 is 13.7 Å². The van der Waals surface area contributed by atoms with Crippen LogP contribution in [0.3, 0.4) is 0 Å². The summed E-state index contributed by atoms with van der Waals surface area (Å²) in [6.07, 6.45) is 1.12. The number of carbonyl (C=O) groups is 1. The van der Waals surface area contributed by atoms with E-state index in [9.17, 15) is 9.00 Å². The molecule has 0 radical (unpaired) electrons. The van der Waals surface area contributed by atoms with Gasteiger partial charge in [-0.2, -0.15) is 0 Å². The van der Waals surface area contributed by atoms with Crippen molar-refractivity contribution in [2.45, 2.75) is 28.8 Å². The zero-order valence-corrected chi connectivity index (χ0v) is 8.83. The zero-order chi connectivity index (χ0) is 10.5. The van der Waals surface area contributed by atoms with Crippen molar-refractivity contribution in [1.82, 2.24) is 0 Å². The van der Waals surface area contributed by atoms with E-state index in [0.29, 0.717) is 11.3 Å². The molecule has 0 spiro atoms. The van der Waals surface area contributed by atoms with Crippen LogP contribution in [0.2, 0.25) is 0 Å². The van der Waals surface area contributed by atoms with Crippen molar-refractivity contribution in [3.63, 3.8) is 0 Å². The summed E-state index contributed by atoms with van der Waals surface area (Å²) in [6, 6.07) is 9.05. The summed E-state index contributed by atoms with van der Waals surface area (Å²) in [6.45, 7) is 0. The SMILES string of the molecule is O=C1CC[C@H]2O[C@@]12[S@@](=O)c1ccccc1. The van der Waals surface area contributed by atoms with Crippen LogP contribution < -0.4 is 0 Å². The predicted molar refractivity (Wildman–Crippen MR) is 54.7 cm³/mol. The summed E-state index contributed by atoms with van der Waals surface area (Å²) >= 11 is 0. The second kappa shape index (κ2) is 3.00. The van der Waals surface area contributed by atoms with E-state index < -0.39 is 15.7 Å². The maximum Gasteiger partial charge on any atom is 0.232 e. The molecule has 78 valence electrons. The number of hydrogen-bond donors (Lipinski definition) is 0. The maximum absolute atomic E-state index is 12.2. The number of hydrogen-bond acceptors (Lipinski definition) is 3. The molecule has 3 nitrogen and oxygen atoms in total. The molecule has 3 rings (SSSR count). The maximum atomic E-state index is 12.2. The quantitative estimate of drug-likeness (QED) is 0.707. The molecule has 3 atom stereocenters. The molecule has 2 fully saturated rings. The molecule has 4 heteroatoms. The van der Waals surface area contributed by atoms with Crippen LogP contribution in [0.5, 0.6) is 0 Å². The van der Waals surface area contributed by atoms with Gasteiger partial charge in [0.05, 0.1) is 10.8 Å². The van der Waals surface area contributed by atoms with Crippen molar-refractivity contribution >= 4 is 16.6 Å². The van der Waals surface area contributed by atoms with Crippen molar-refractivity contribution in [3.8, 4) is 0 Å². The van der Waals surface area contributed by atoms with Gasteiger partial charge < -0.3 is 4.74 Å². The summed E-state index contributed by atoms with van der Waals surface area (Å²) in [5, 5.41) is 0. The smallest absolute Gasteiger partial charge is 0.232 e. The first-order valence-electron chi connectivity index (χ1n) is 4.93. The number of rotatable bonds is 2. The molecule has 15 heavy (non-hydrogen) atoms. The number of benzene rings is 1. The van der Waals surface area contributed by atoms with Gasteiger partial charge in [-0.3, -0.25) is 9.00 Å². The van der Waals surface area contributed by atoms with E-state index >= 15 is 0 Å². The summed E-state index contributed by atoms with van der Waals surface area (Å²) in [5.41, 5.74) is 0. The second-order valence-corrected chi connectivity index (χ2v) is 5.43. The lowest BCUT2D eigenvalue weighted by atomic mass is 10.3. The molecule has 1 saturated carbocycles. The Hall–Kier alpha value is -1.00. The normalized spacial score (nSPS) is 34.9. The third-order valence-corrected chi connectivity index (χ3v) is 4.78. The summed E-state index contributed by atoms with van der Waals surface area (Å²) < 4.78 is 17.5. The highest BCUT2D eigenvalue weighted by atomic mass is 32.2. The van der Waals surface area contributed by atoms with Gasteiger partial charge in [0.2, 0.25) is 4.93 Å². The van der Waals surface area contributed by atoms with Crippen LogP contribution >= 0.6 is 0 Å². The summed E-state index contributed by atoms with van der Waals surface area (Å²) in [5.74, 6) is -0.00492. The van der Waals surface area contributed by atoms with Gasteiger partial charge in [0.25, 0.3) is 0 Å². The molecule has 1 aliphatic heterocycles. The average molecular weight is 222 g/mol. The van der Waals surface area contributed by atoms with Gasteiger partial charge in [-0.1, -0.05) is 18.2 Å². The molecule has 1 aromatic carbocycles. The van der Waals surface area contributed by atoms with Crippen molar-refractivity contribution in [2.24, 2.45) is 0 Å². The molecular weight excluding hydrogens is 212 g/mol. The van der Waals surface area contributed by atoms with Crippen LogP contribution in [-0.4, -0.2) is 21.0 Å². The first-order chi connectivity index (χ1) is 7.25. The largest absolute Gasteiger partial charge is 0.344 e. The monoisotopic (exact) mass is 222 g/mol. The first-order valence-corrected chi connectivity index (χ1v) is 6.08. The number of Topliss-reactive ketones (excluding diaryl/α,β-unsaturated/α-hetero) is 1. The van der Waals surface area contributed by atoms with Gasteiger partial charge in [-0.15, -0.1) is 0 Å². The van der Waals surface area contributed by atoms with E-state index in [4.69, 9.17) is 4.74 Å². The van der Waals surface area contributed by atoms with E-state index in [2.05, 4.69) is 0 Å². The first kappa shape index (κ1) is 9.24. The fraction of sp³-hybridized carbons (Fsp3) is 0.364. The van der Waals surface area contributed by atoms with Crippen LogP contribution in [0.25, 0.3) is 0 Å². The minimum atomic E-state index is -1.35. The highest BCUT2D eigenvalue weighted by molar-refractivity contribution is 7.87. The van der Waals surface area contributed by atoms with Crippen molar-refractivity contribution in [1.29, 1.82) is 0 Å². The molecule has 1 heterocycles. The van der Waals surface area contributed by atoms with E-state index in [1.54, 1.807) is 12.1 Å². The molecule has 0 amide bonds. The Kier molecular flexibility index (Phi) is 1.85. The molecule has 0 aromatic heterocycles. The minimum absolute atomic E-state index is 0.00492. The lowest BCUT2D eigenvalue weighted by Gasteiger charge is -2.07. The minimum Gasteiger partial charge on any atom is -0.344 e. The topological polar surface area (TPSA) is 46.7 Å². The van der Waals surface area contributed by atoms with Crippen molar-refractivity contribution in [3.05, 3.63) is 30.3 Å². The Labute approximate surface area is 89.9 Å². The van der Waals surface area contributed by atoms with E-state index in [-0.39, 0.29) is 11.9 Å². The molecular formula is C11H10O3S. The van der Waals surface area contributed by atoms with E-state index in [1.807, 2.05) is 18.2 Å². The Morgan fingerprint density at radius 1 is 1.33 bits per heavy atom.